The molecule has 1 unspecified atom stereocenters. The molecule has 0 spiro atoms. The number of carbonyl (C=O) groups excluding carboxylic acids is 1. The number of furan rings is 1. The fourth-order valence-electron chi connectivity index (χ4n) is 1.73. The van der Waals surface area contributed by atoms with Crippen molar-refractivity contribution in [1.82, 2.24) is 5.32 Å². The summed E-state index contributed by atoms with van der Waals surface area (Å²) in [7, 11) is 0. The molecule has 1 atom stereocenters. The molecule has 3 N–H and O–H groups in total. The molecule has 4 heteroatoms. The van der Waals surface area contributed by atoms with Crippen LogP contribution in [0.25, 0.3) is 11.0 Å². The van der Waals surface area contributed by atoms with Gasteiger partial charge in [0.05, 0.1) is 6.04 Å². The van der Waals surface area contributed by atoms with Gasteiger partial charge in [0.15, 0.2) is 0 Å². The summed E-state index contributed by atoms with van der Waals surface area (Å²) in [5, 5.41) is 4.29. The van der Waals surface area contributed by atoms with Crippen LogP contribution in [0.15, 0.2) is 34.7 Å². The number of fused-ring (bicyclic) bond motifs is 1. The van der Waals surface area contributed by atoms with E-state index in [1.807, 2.05) is 37.3 Å². The first-order valence-electron chi connectivity index (χ1n) is 5.67. The van der Waals surface area contributed by atoms with Crippen LogP contribution in [0, 0.1) is 0 Å². The number of rotatable bonds is 5. The highest BCUT2D eigenvalue weighted by Gasteiger charge is 2.10. The summed E-state index contributed by atoms with van der Waals surface area (Å²) >= 11 is 0. The van der Waals surface area contributed by atoms with Gasteiger partial charge in [0.1, 0.15) is 11.3 Å². The van der Waals surface area contributed by atoms with Crippen LogP contribution in [0.4, 0.5) is 0 Å². The highest BCUT2D eigenvalue weighted by Crippen LogP contribution is 2.23. The summed E-state index contributed by atoms with van der Waals surface area (Å²) in [4.78, 5) is 10.6. The maximum absolute atomic E-state index is 10.6. The molecule has 2 rings (SSSR count). The van der Waals surface area contributed by atoms with Gasteiger partial charge in [-0.2, -0.15) is 0 Å². The minimum Gasteiger partial charge on any atom is -0.459 e. The predicted molar refractivity (Wildman–Crippen MR) is 66.4 cm³/mol. The molecule has 1 heterocycles. The lowest BCUT2D eigenvalue weighted by molar-refractivity contribution is -0.117. The highest BCUT2D eigenvalue weighted by molar-refractivity contribution is 5.77. The molecule has 0 aliphatic rings. The zero-order chi connectivity index (χ0) is 12.3. The van der Waals surface area contributed by atoms with Crippen molar-refractivity contribution in [3.63, 3.8) is 0 Å². The molecule has 0 saturated carbocycles. The molecule has 90 valence electrons. The normalized spacial score (nSPS) is 12.8. The Morgan fingerprint density at radius 2 is 2.24 bits per heavy atom. The van der Waals surface area contributed by atoms with Crippen LogP contribution in [-0.2, 0) is 4.79 Å². The Morgan fingerprint density at radius 3 is 2.94 bits per heavy atom. The van der Waals surface area contributed by atoms with E-state index in [0.717, 1.165) is 16.7 Å². The zero-order valence-corrected chi connectivity index (χ0v) is 9.77. The lowest BCUT2D eigenvalue weighted by Crippen LogP contribution is -2.24. The Balaban J connectivity index is 2.03. The molecule has 0 aliphatic heterocycles. The molecule has 1 aromatic carbocycles. The number of carbonyl (C=O) groups is 1. The second kappa shape index (κ2) is 5.01. The number of amides is 1. The number of primary amides is 1. The predicted octanol–water partition coefficient (Wildman–Crippen LogP) is 1.96. The smallest absolute Gasteiger partial charge is 0.218 e. The second-order valence-corrected chi connectivity index (χ2v) is 4.08. The van der Waals surface area contributed by atoms with Crippen LogP contribution in [-0.4, -0.2) is 12.5 Å². The van der Waals surface area contributed by atoms with Crippen molar-refractivity contribution in [3.8, 4) is 0 Å². The van der Waals surface area contributed by atoms with Crippen molar-refractivity contribution in [2.24, 2.45) is 5.73 Å². The number of nitrogens with one attached hydrogen (secondary N) is 1. The van der Waals surface area contributed by atoms with E-state index >= 15 is 0 Å². The van der Waals surface area contributed by atoms with Crippen molar-refractivity contribution in [1.29, 1.82) is 0 Å². The van der Waals surface area contributed by atoms with Crippen molar-refractivity contribution >= 4 is 16.9 Å². The van der Waals surface area contributed by atoms with E-state index in [9.17, 15) is 4.79 Å². The number of para-hydroxylation sites is 1. The molecule has 2 aromatic rings. The second-order valence-electron chi connectivity index (χ2n) is 4.08. The first-order chi connectivity index (χ1) is 8.16. The Labute approximate surface area is 99.8 Å². The van der Waals surface area contributed by atoms with Crippen LogP contribution in [0.1, 0.15) is 25.1 Å². The first-order valence-corrected chi connectivity index (χ1v) is 5.67. The minimum absolute atomic E-state index is 0.0711. The van der Waals surface area contributed by atoms with Crippen LogP contribution >= 0.6 is 0 Å². The standard InChI is InChI=1S/C13H16N2O2/c1-9(15-7-6-13(14)16)12-8-10-4-2-3-5-11(10)17-12/h2-5,8-9,15H,6-7H2,1H3,(H2,14,16). The molecule has 0 radical (unpaired) electrons. The van der Waals surface area contributed by atoms with E-state index in [-0.39, 0.29) is 11.9 Å². The van der Waals surface area contributed by atoms with Gasteiger partial charge in [0.2, 0.25) is 5.91 Å². The largest absolute Gasteiger partial charge is 0.459 e. The summed E-state index contributed by atoms with van der Waals surface area (Å²) in [6.45, 7) is 2.56. The fourth-order valence-corrected chi connectivity index (χ4v) is 1.73. The number of hydrogen-bond donors (Lipinski definition) is 2. The third kappa shape index (κ3) is 2.85. The van der Waals surface area contributed by atoms with E-state index in [0.29, 0.717) is 13.0 Å². The molecule has 1 amide bonds. The third-order valence-corrected chi connectivity index (χ3v) is 2.69. The van der Waals surface area contributed by atoms with Crippen LogP contribution in [0.5, 0.6) is 0 Å². The van der Waals surface area contributed by atoms with E-state index in [1.54, 1.807) is 0 Å². The molecular weight excluding hydrogens is 216 g/mol. The third-order valence-electron chi connectivity index (χ3n) is 2.69. The van der Waals surface area contributed by atoms with Gasteiger partial charge >= 0.3 is 0 Å². The first kappa shape index (κ1) is 11.7. The molecule has 0 aliphatic carbocycles. The SMILES string of the molecule is CC(NCCC(N)=O)c1cc2ccccc2o1. The van der Waals surface area contributed by atoms with Crippen molar-refractivity contribution in [3.05, 3.63) is 36.1 Å². The van der Waals surface area contributed by atoms with Gasteiger partial charge in [0.25, 0.3) is 0 Å². The number of nitrogens with two attached hydrogens (primary N) is 1. The minimum atomic E-state index is -0.297. The quantitative estimate of drug-likeness (QED) is 0.828. The topological polar surface area (TPSA) is 68.3 Å². The zero-order valence-electron chi connectivity index (χ0n) is 9.77. The molecule has 0 saturated heterocycles. The summed E-state index contributed by atoms with van der Waals surface area (Å²) < 4.78 is 5.71. The molecular formula is C13H16N2O2. The highest BCUT2D eigenvalue weighted by atomic mass is 16.3. The molecule has 1 aromatic heterocycles. The van der Waals surface area contributed by atoms with Gasteiger partial charge in [-0.15, -0.1) is 0 Å². The monoisotopic (exact) mass is 232 g/mol. The van der Waals surface area contributed by atoms with E-state index in [4.69, 9.17) is 10.2 Å². The van der Waals surface area contributed by atoms with E-state index < -0.39 is 0 Å². The Bertz CT molecular complexity index is 486. The summed E-state index contributed by atoms with van der Waals surface area (Å²) in [5.74, 6) is 0.574. The molecule has 0 fully saturated rings. The Kier molecular flexibility index (Phi) is 3.44. The lowest BCUT2D eigenvalue weighted by atomic mass is 10.2. The van der Waals surface area contributed by atoms with Crippen molar-refractivity contribution in [2.75, 3.05) is 6.54 Å². The fraction of sp³-hybridized carbons (Fsp3) is 0.308. The van der Waals surface area contributed by atoms with E-state index in [1.165, 1.54) is 0 Å². The lowest BCUT2D eigenvalue weighted by Gasteiger charge is -2.09. The van der Waals surface area contributed by atoms with Gasteiger partial charge < -0.3 is 15.5 Å². The van der Waals surface area contributed by atoms with Crippen LogP contribution in [0.3, 0.4) is 0 Å². The van der Waals surface area contributed by atoms with Gasteiger partial charge in [-0.1, -0.05) is 18.2 Å². The maximum Gasteiger partial charge on any atom is 0.218 e. The summed E-state index contributed by atoms with van der Waals surface area (Å²) in [6.07, 6.45) is 0.338. The Hall–Kier alpha value is -1.81. The van der Waals surface area contributed by atoms with Crippen LogP contribution in [0.2, 0.25) is 0 Å². The van der Waals surface area contributed by atoms with Gasteiger partial charge in [0, 0.05) is 18.4 Å². The molecule has 0 bridgehead atoms. The number of hydrogen-bond acceptors (Lipinski definition) is 3. The maximum atomic E-state index is 10.6. The summed E-state index contributed by atoms with van der Waals surface area (Å²) in [5.41, 5.74) is 5.96. The van der Waals surface area contributed by atoms with Gasteiger partial charge in [-0.25, -0.2) is 0 Å². The van der Waals surface area contributed by atoms with Crippen LogP contribution < -0.4 is 11.1 Å². The van der Waals surface area contributed by atoms with Crippen molar-refractivity contribution in [2.45, 2.75) is 19.4 Å². The Morgan fingerprint density at radius 1 is 1.47 bits per heavy atom. The van der Waals surface area contributed by atoms with E-state index in [2.05, 4.69) is 5.32 Å². The summed E-state index contributed by atoms with van der Waals surface area (Å²) in [6, 6.07) is 9.96. The number of benzene rings is 1. The average molecular weight is 232 g/mol. The van der Waals surface area contributed by atoms with Gasteiger partial charge in [-0.05, 0) is 19.1 Å². The molecule has 4 nitrogen and oxygen atoms in total. The van der Waals surface area contributed by atoms with Crippen molar-refractivity contribution < 1.29 is 9.21 Å². The molecule has 17 heavy (non-hydrogen) atoms. The van der Waals surface area contributed by atoms with Gasteiger partial charge in [-0.3, -0.25) is 4.79 Å². The average Bonchev–Trinajstić information content (AvgIpc) is 2.71.